The number of nitrogens with one attached hydrogen (secondary N) is 1. The van der Waals surface area contributed by atoms with Crippen LogP contribution in [-0.4, -0.2) is 13.2 Å². The molecule has 0 heterocycles. The van der Waals surface area contributed by atoms with E-state index in [1.807, 2.05) is 12.1 Å². The fourth-order valence-electron chi connectivity index (χ4n) is 1.80. The number of benzene rings is 2. The van der Waals surface area contributed by atoms with Crippen molar-refractivity contribution in [2.24, 2.45) is 0 Å². The lowest BCUT2D eigenvalue weighted by Crippen LogP contribution is -2.15. The second-order valence-electron chi connectivity index (χ2n) is 4.28. The lowest BCUT2D eigenvalue weighted by atomic mass is 10.1. The molecule has 0 fully saturated rings. The van der Waals surface area contributed by atoms with Crippen LogP contribution in [0.4, 0.5) is 18.9 Å². The first kappa shape index (κ1) is 15.7. The van der Waals surface area contributed by atoms with Gasteiger partial charge in [-0.05, 0) is 30.3 Å². The summed E-state index contributed by atoms with van der Waals surface area (Å²) in [6.45, 7) is 0.544. The van der Waals surface area contributed by atoms with Crippen molar-refractivity contribution in [3.8, 4) is 5.75 Å². The maximum atomic E-state index is 12.8. The van der Waals surface area contributed by atoms with E-state index in [1.54, 1.807) is 18.2 Å². The predicted molar refractivity (Wildman–Crippen MR) is 79.6 cm³/mol. The van der Waals surface area contributed by atoms with Gasteiger partial charge < -0.3 is 10.1 Å². The molecule has 112 valence electrons. The molecule has 1 N–H and O–H groups in total. The summed E-state index contributed by atoms with van der Waals surface area (Å²) in [5.41, 5.74) is -0.615. The highest BCUT2D eigenvalue weighted by Crippen LogP contribution is 2.34. The molecule has 0 aliphatic carbocycles. The maximum Gasteiger partial charge on any atom is 0.418 e. The summed E-state index contributed by atoms with van der Waals surface area (Å²) in [5.74, 6) is 0.662. The number of halogens is 4. The molecule has 2 aromatic carbocycles. The molecule has 0 saturated heterocycles. The molecule has 0 saturated carbocycles. The van der Waals surface area contributed by atoms with E-state index in [4.69, 9.17) is 4.74 Å². The van der Waals surface area contributed by atoms with Crippen molar-refractivity contribution in [3.63, 3.8) is 0 Å². The highest BCUT2D eigenvalue weighted by atomic mass is 79.9. The fraction of sp³-hybridized carbons (Fsp3) is 0.200. The summed E-state index contributed by atoms with van der Waals surface area (Å²) < 4.78 is 44.7. The first-order valence-electron chi connectivity index (χ1n) is 6.25. The second kappa shape index (κ2) is 6.85. The third-order valence-electron chi connectivity index (χ3n) is 2.71. The predicted octanol–water partition coefficient (Wildman–Crippen LogP) is 4.96. The third kappa shape index (κ3) is 4.67. The molecule has 2 rings (SSSR count). The number of hydrogen-bond acceptors (Lipinski definition) is 2. The van der Waals surface area contributed by atoms with E-state index < -0.39 is 11.7 Å². The highest BCUT2D eigenvalue weighted by Gasteiger charge is 2.32. The van der Waals surface area contributed by atoms with E-state index in [2.05, 4.69) is 21.2 Å². The van der Waals surface area contributed by atoms with Crippen molar-refractivity contribution in [1.29, 1.82) is 0 Å². The largest absolute Gasteiger partial charge is 0.492 e. The molecule has 6 heteroatoms. The van der Waals surface area contributed by atoms with Gasteiger partial charge in [-0.3, -0.25) is 0 Å². The Morgan fingerprint density at radius 1 is 1.05 bits per heavy atom. The van der Waals surface area contributed by atoms with Gasteiger partial charge in [-0.1, -0.05) is 34.1 Å². The van der Waals surface area contributed by atoms with Gasteiger partial charge in [0.1, 0.15) is 12.4 Å². The number of ether oxygens (including phenoxy) is 1. The number of rotatable bonds is 5. The number of alkyl halides is 3. The minimum atomic E-state index is -4.37. The Balaban J connectivity index is 1.90. The molecule has 0 radical (unpaired) electrons. The maximum absolute atomic E-state index is 12.8. The van der Waals surface area contributed by atoms with E-state index >= 15 is 0 Å². The Morgan fingerprint density at radius 3 is 2.52 bits per heavy atom. The highest BCUT2D eigenvalue weighted by molar-refractivity contribution is 9.10. The summed E-state index contributed by atoms with van der Waals surface area (Å²) in [6, 6.07) is 12.7. The van der Waals surface area contributed by atoms with Gasteiger partial charge in [-0.15, -0.1) is 0 Å². The van der Waals surface area contributed by atoms with Crippen molar-refractivity contribution < 1.29 is 17.9 Å². The third-order valence-corrected chi connectivity index (χ3v) is 3.21. The summed E-state index contributed by atoms with van der Waals surface area (Å²) in [7, 11) is 0. The normalized spacial score (nSPS) is 11.2. The van der Waals surface area contributed by atoms with Crippen molar-refractivity contribution in [1.82, 2.24) is 0 Å². The van der Waals surface area contributed by atoms with Crippen LogP contribution in [0.5, 0.6) is 5.75 Å². The van der Waals surface area contributed by atoms with Crippen LogP contribution in [0.25, 0.3) is 0 Å². The number of para-hydroxylation sites is 1. The number of anilines is 1. The summed E-state index contributed by atoms with van der Waals surface area (Å²) in [6.07, 6.45) is -4.37. The molecule has 0 aliphatic rings. The zero-order chi connectivity index (χ0) is 15.3. The Kier molecular flexibility index (Phi) is 5.12. The smallest absolute Gasteiger partial charge is 0.418 e. The van der Waals surface area contributed by atoms with Gasteiger partial charge in [0.25, 0.3) is 0 Å². The standard InChI is InChI=1S/C15H13BrF3NO/c16-11-4-3-5-12(10-11)21-9-8-20-14-7-2-1-6-13(14)15(17,18)19/h1-7,10,20H,8-9H2. The van der Waals surface area contributed by atoms with Crippen molar-refractivity contribution in [2.45, 2.75) is 6.18 Å². The summed E-state index contributed by atoms with van der Waals surface area (Å²) in [5, 5.41) is 2.75. The van der Waals surface area contributed by atoms with Crippen LogP contribution in [0.3, 0.4) is 0 Å². The first-order chi connectivity index (χ1) is 9.97. The Morgan fingerprint density at radius 2 is 1.81 bits per heavy atom. The van der Waals surface area contributed by atoms with Crippen LogP contribution in [0.15, 0.2) is 53.0 Å². The summed E-state index contributed by atoms with van der Waals surface area (Å²) >= 11 is 3.32. The monoisotopic (exact) mass is 359 g/mol. The van der Waals surface area contributed by atoms with Crippen molar-refractivity contribution in [2.75, 3.05) is 18.5 Å². The van der Waals surface area contributed by atoms with Gasteiger partial charge in [0.05, 0.1) is 5.56 Å². The van der Waals surface area contributed by atoms with Crippen LogP contribution >= 0.6 is 15.9 Å². The molecule has 2 nitrogen and oxygen atoms in total. The Bertz CT molecular complexity index is 601. The number of hydrogen-bond donors (Lipinski definition) is 1. The molecule has 0 atom stereocenters. The van der Waals surface area contributed by atoms with Crippen LogP contribution in [0.1, 0.15) is 5.56 Å². The van der Waals surface area contributed by atoms with Gasteiger partial charge in [0.2, 0.25) is 0 Å². The average Bonchev–Trinajstić information content (AvgIpc) is 2.43. The molecule has 0 aliphatic heterocycles. The Labute approximate surface area is 129 Å². The van der Waals surface area contributed by atoms with E-state index in [0.29, 0.717) is 5.75 Å². The van der Waals surface area contributed by atoms with Crippen LogP contribution < -0.4 is 10.1 Å². The molecule has 0 spiro atoms. The summed E-state index contributed by atoms with van der Waals surface area (Å²) in [4.78, 5) is 0. The van der Waals surface area contributed by atoms with Gasteiger partial charge in [0, 0.05) is 16.7 Å². The molecule has 21 heavy (non-hydrogen) atoms. The lowest BCUT2D eigenvalue weighted by molar-refractivity contribution is -0.136. The molecule has 0 bridgehead atoms. The zero-order valence-electron chi connectivity index (χ0n) is 11.0. The average molecular weight is 360 g/mol. The van der Waals surface area contributed by atoms with Crippen molar-refractivity contribution in [3.05, 3.63) is 58.6 Å². The molecule has 0 amide bonds. The van der Waals surface area contributed by atoms with Crippen LogP contribution in [0.2, 0.25) is 0 Å². The molecular formula is C15H13BrF3NO. The lowest BCUT2D eigenvalue weighted by Gasteiger charge is -2.14. The van der Waals surface area contributed by atoms with E-state index in [1.165, 1.54) is 12.1 Å². The SMILES string of the molecule is FC(F)(F)c1ccccc1NCCOc1cccc(Br)c1. The van der Waals surface area contributed by atoms with E-state index in [9.17, 15) is 13.2 Å². The molecule has 2 aromatic rings. The van der Waals surface area contributed by atoms with Gasteiger partial charge in [0.15, 0.2) is 0 Å². The van der Waals surface area contributed by atoms with E-state index in [-0.39, 0.29) is 18.8 Å². The Hall–Kier alpha value is -1.69. The quantitative estimate of drug-likeness (QED) is 0.761. The fourth-order valence-corrected chi connectivity index (χ4v) is 2.17. The topological polar surface area (TPSA) is 21.3 Å². The van der Waals surface area contributed by atoms with Crippen LogP contribution in [0, 0.1) is 0 Å². The first-order valence-corrected chi connectivity index (χ1v) is 7.04. The zero-order valence-corrected chi connectivity index (χ0v) is 12.5. The van der Waals surface area contributed by atoms with Crippen LogP contribution in [-0.2, 0) is 6.18 Å². The van der Waals surface area contributed by atoms with Crippen molar-refractivity contribution >= 4 is 21.6 Å². The van der Waals surface area contributed by atoms with Gasteiger partial charge in [-0.25, -0.2) is 0 Å². The minimum Gasteiger partial charge on any atom is -0.492 e. The van der Waals surface area contributed by atoms with Gasteiger partial charge >= 0.3 is 6.18 Å². The van der Waals surface area contributed by atoms with Gasteiger partial charge in [-0.2, -0.15) is 13.2 Å². The second-order valence-corrected chi connectivity index (χ2v) is 5.19. The molecule has 0 aromatic heterocycles. The minimum absolute atomic E-state index is 0.0582. The molecular weight excluding hydrogens is 347 g/mol. The van der Waals surface area contributed by atoms with E-state index in [0.717, 1.165) is 10.5 Å². The molecule has 0 unspecified atom stereocenters.